The quantitative estimate of drug-likeness (QED) is 0.0874. The molecule has 2 aromatic carbocycles. The van der Waals surface area contributed by atoms with Gasteiger partial charge in [0.2, 0.25) is 17.7 Å². The van der Waals surface area contributed by atoms with E-state index in [1.807, 2.05) is 30.3 Å². The Morgan fingerprint density at radius 2 is 1.16 bits per heavy atom. The van der Waals surface area contributed by atoms with Gasteiger partial charge in [0, 0.05) is 19.4 Å². The summed E-state index contributed by atoms with van der Waals surface area (Å²) in [4.78, 5) is 63.5. The van der Waals surface area contributed by atoms with Crippen molar-refractivity contribution in [2.24, 2.45) is 0 Å². The van der Waals surface area contributed by atoms with E-state index in [0.717, 1.165) is 23.5 Å². The third-order valence-electron chi connectivity index (χ3n) is 8.41. The number of piperidine rings is 1. The van der Waals surface area contributed by atoms with Crippen molar-refractivity contribution in [1.82, 2.24) is 10.2 Å². The van der Waals surface area contributed by atoms with Gasteiger partial charge in [-0.3, -0.25) is 34.2 Å². The lowest BCUT2D eigenvalue weighted by atomic mass is 10.0. The zero-order valence-corrected chi connectivity index (χ0v) is 31.3. The van der Waals surface area contributed by atoms with E-state index in [9.17, 15) is 24.0 Å². The van der Waals surface area contributed by atoms with E-state index in [0.29, 0.717) is 106 Å². The number of ether oxygens (including phenoxy) is 8. The summed E-state index contributed by atoms with van der Waals surface area (Å²) in [5.74, 6) is -1.88. The van der Waals surface area contributed by atoms with Crippen LogP contribution in [-0.4, -0.2) is 140 Å². The van der Waals surface area contributed by atoms with Gasteiger partial charge in [-0.2, -0.15) is 0 Å². The molecule has 55 heavy (non-hydrogen) atoms. The van der Waals surface area contributed by atoms with Crippen LogP contribution in [0.2, 0.25) is 0 Å². The number of unbranched alkanes of at least 4 members (excludes halogenated alkanes) is 2. The minimum absolute atomic E-state index is 0.0297. The first-order chi connectivity index (χ1) is 27.0. The Balaban J connectivity index is 0.873. The second-order valence-corrected chi connectivity index (χ2v) is 12.5. The van der Waals surface area contributed by atoms with Gasteiger partial charge in [0.1, 0.15) is 18.4 Å². The van der Waals surface area contributed by atoms with Crippen molar-refractivity contribution in [1.29, 1.82) is 0 Å². The predicted octanol–water partition coefficient (Wildman–Crippen LogP) is 2.78. The molecule has 0 aromatic heterocycles. The van der Waals surface area contributed by atoms with Gasteiger partial charge in [-0.15, -0.1) is 0 Å². The van der Waals surface area contributed by atoms with Crippen molar-refractivity contribution in [3.05, 3.63) is 59.7 Å². The number of nitrogens with zero attached hydrogens (tertiary/aromatic N) is 1. The number of carbonyl (C=O) groups excluding carboxylic acids is 5. The summed E-state index contributed by atoms with van der Waals surface area (Å²) in [6.45, 7) is 7.22. The summed E-state index contributed by atoms with van der Waals surface area (Å²) < 4.78 is 44.1. The van der Waals surface area contributed by atoms with Crippen LogP contribution in [0.5, 0.6) is 5.75 Å². The van der Waals surface area contributed by atoms with E-state index in [-0.39, 0.29) is 42.0 Å². The molecule has 1 unspecified atom stereocenters. The molecule has 1 fully saturated rings. The monoisotopic (exact) mass is 771 g/mol. The number of para-hydroxylation sites is 1. The van der Waals surface area contributed by atoms with Crippen molar-refractivity contribution in [2.45, 2.75) is 44.6 Å². The molecule has 2 aromatic rings. The summed E-state index contributed by atoms with van der Waals surface area (Å²) in [6.07, 6.45) is 2.46. The van der Waals surface area contributed by atoms with Crippen LogP contribution in [0.3, 0.4) is 0 Å². The number of carbonyl (C=O) groups is 5. The first-order valence-electron chi connectivity index (χ1n) is 18.8. The molecule has 4 rings (SSSR count). The highest BCUT2D eigenvalue weighted by atomic mass is 16.6. The Hall–Kier alpha value is -4.29. The maximum atomic E-state index is 13.2. The third kappa shape index (κ3) is 15.8. The molecule has 2 aliphatic heterocycles. The van der Waals surface area contributed by atoms with Crippen LogP contribution in [0.15, 0.2) is 48.5 Å². The Bertz CT molecular complexity index is 1490. The van der Waals surface area contributed by atoms with Crippen molar-refractivity contribution in [3.63, 3.8) is 0 Å². The molecule has 16 nitrogen and oxygen atoms in total. The molecule has 2 aliphatic rings. The van der Waals surface area contributed by atoms with E-state index >= 15 is 0 Å². The second kappa shape index (κ2) is 25.7. The lowest BCUT2D eigenvalue weighted by molar-refractivity contribution is -0.136. The Morgan fingerprint density at radius 3 is 1.73 bits per heavy atom. The molecule has 0 spiro atoms. The van der Waals surface area contributed by atoms with E-state index in [2.05, 4.69) is 10.6 Å². The van der Waals surface area contributed by atoms with Crippen molar-refractivity contribution in [3.8, 4) is 5.75 Å². The largest absolute Gasteiger partial charge is 0.491 e. The summed E-state index contributed by atoms with van der Waals surface area (Å²) >= 11 is 0. The van der Waals surface area contributed by atoms with Gasteiger partial charge in [0.05, 0.1) is 103 Å². The first-order valence-corrected chi connectivity index (χ1v) is 18.8. The Labute approximate surface area is 321 Å². The highest BCUT2D eigenvalue weighted by molar-refractivity contribution is 6.26. The number of amides is 5. The molecule has 0 bridgehead atoms. The number of benzene rings is 2. The predicted molar refractivity (Wildman–Crippen MR) is 198 cm³/mol. The average molecular weight is 772 g/mol. The fourth-order valence-electron chi connectivity index (χ4n) is 5.65. The smallest absolute Gasteiger partial charge is 0.264 e. The second-order valence-electron chi connectivity index (χ2n) is 12.5. The third-order valence-corrected chi connectivity index (χ3v) is 8.41. The van der Waals surface area contributed by atoms with Crippen LogP contribution in [0.1, 0.15) is 59.2 Å². The maximum Gasteiger partial charge on any atom is 0.264 e. The van der Waals surface area contributed by atoms with Gasteiger partial charge in [0.25, 0.3) is 11.8 Å². The van der Waals surface area contributed by atoms with E-state index in [1.165, 1.54) is 6.07 Å². The summed E-state index contributed by atoms with van der Waals surface area (Å²) in [5.41, 5.74) is 0.387. The zero-order chi connectivity index (χ0) is 38.9. The number of rotatable bonds is 30. The fourth-order valence-corrected chi connectivity index (χ4v) is 5.65. The van der Waals surface area contributed by atoms with Crippen molar-refractivity contribution in [2.75, 3.05) is 104 Å². The van der Waals surface area contributed by atoms with Crippen molar-refractivity contribution < 1.29 is 61.9 Å². The lowest BCUT2D eigenvalue weighted by Crippen LogP contribution is -2.54. The summed E-state index contributed by atoms with van der Waals surface area (Å²) in [6, 6.07) is 13.1. The Morgan fingerprint density at radius 1 is 0.618 bits per heavy atom. The van der Waals surface area contributed by atoms with Gasteiger partial charge >= 0.3 is 0 Å². The van der Waals surface area contributed by atoms with E-state index in [4.69, 9.17) is 37.9 Å². The zero-order valence-electron chi connectivity index (χ0n) is 31.3. The highest BCUT2D eigenvalue weighted by Gasteiger charge is 2.45. The molecule has 1 saturated heterocycles. The standard InChI is InChI=1S/C39H53N3O13/c43-34(40-32-11-7-10-31-36(32)39(47)42(38(31)46)33-13-14-35(44)41-37(33)45)12-5-2-6-15-48-16-17-49-18-19-50-20-21-51-22-23-52-24-25-53-26-27-54-28-29-55-30-8-3-1-4-9-30/h1,3-4,7-11,33H,2,5-6,12-29H2,(H,40,43)(H,41,44,45). The first kappa shape index (κ1) is 43.4. The molecule has 2 heterocycles. The number of fused-ring (bicyclic) bond motifs is 1. The van der Waals surface area contributed by atoms with Gasteiger partial charge < -0.3 is 43.2 Å². The molecule has 302 valence electrons. The van der Waals surface area contributed by atoms with E-state index in [1.54, 1.807) is 12.1 Å². The van der Waals surface area contributed by atoms with Crippen LogP contribution in [0.4, 0.5) is 5.69 Å². The molecule has 0 aliphatic carbocycles. The Kier molecular flexibility index (Phi) is 20.3. The minimum Gasteiger partial charge on any atom is -0.491 e. The molecule has 2 N–H and O–H groups in total. The molecular weight excluding hydrogens is 718 g/mol. The number of nitrogens with one attached hydrogen (secondary N) is 2. The van der Waals surface area contributed by atoms with Gasteiger partial charge in [-0.05, 0) is 43.5 Å². The highest BCUT2D eigenvalue weighted by Crippen LogP contribution is 2.32. The maximum absolute atomic E-state index is 13.2. The van der Waals surface area contributed by atoms with Crippen LogP contribution >= 0.6 is 0 Å². The lowest BCUT2D eigenvalue weighted by Gasteiger charge is -2.27. The van der Waals surface area contributed by atoms with Crippen molar-refractivity contribution >= 4 is 35.2 Å². The van der Waals surface area contributed by atoms with Crippen LogP contribution in [0, 0.1) is 0 Å². The number of hydrogen-bond donors (Lipinski definition) is 2. The van der Waals surface area contributed by atoms with Gasteiger partial charge in [-0.1, -0.05) is 30.7 Å². The molecule has 16 heteroatoms. The topological polar surface area (TPSA) is 186 Å². The summed E-state index contributed by atoms with van der Waals surface area (Å²) in [7, 11) is 0. The van der Waals surface area contributed by atoms with Gasteiger partial charge in [0.15, 0.2) is 0 Å². The van der Waals surface area contributed by atoms with Crippen LogP contribution < -0.4 is 15.4 Å². The number of hydrogen-bond acceptors (Lipinski definition) is 13. The number of anilines is 1. The molecule has 0 radical (unpaired) electrons. The van der Waals surface area contributed by atoms with Gasteiger partial charge in [-0.25, -0.2) is 0 Å². The number of imide groups is 2. The molecule has 1 atom stereocenters. The molecule has 0 saturated carbocycles. The summed E-state index contributed by atoms with van der Waals surface area (Å²) in [5, 5.41) is 4.91. The minimum atomic E-state index is -1.07. The van der Waals surface area contributed by atoms with E-state index < -0.39 is 29.7 Å². The molecule has 5 amide bonds. The molecular formula is C39H53N3O13. The average Bonchev–Trinajstić information content (AvgIpc) is 3.44. The normalized spacial score (nSPS) is 15.3. The fraction of sp³-hybridized carbons (Fsp3) is 0.564. The van der Waals surface area contributed by atoms with Crippen LogP contribution in [0.25, 0.3) is 0 Å². The van der Waals surface area contributed by atoms with Crippen LogP contribution in [-0.2, 0) is 47.5 Å². The SMILES string of the molecule is O=C1CCC(N2C(=O)c3cccc(NC(=O)CCCCCOCCOCCOCCOCCOCCOCCOCCOc4ccccc4)c3C2=O)C(=O)N1.